The highest BCUT2D eigenvalue weighted by Gasteiger charge is 2.20. The van der Waals surface area contributed by atoms with E-state index >= 15 is 0 Å². The number of likely N-dealkylation sites (N-methyl/N-ethyl adjacent to an activating group) is 1. The van der Waals surface area contributed by atoms with Gasteiger partial charge in [0, 0.05) is 49.1 Å². The first-order chi connectivity index (χ1) is 17.1. The molecule has 2 aliphatic rings. The predicted molar refractivity (Wildman–Crippen MR) is 136 cm³/mol. The highest BCUT2D eigenvalue weighted by Crippen LogP contribution is 2.31. The molecule has 2 aromatic carbocycles. The van der Waals surface area contributed by atoms with Crippen molar-refractivity contribution >= 4 is 17.1 Å². The van der Waals surface area contributed by atoms with Gasteiger partial charge in [-0.15, -0.1) is 0 Å². The molecule has 6 rings (SSSR count). The summed E-state index contributed by atoms with van der Waals surface area (Å²) in [5.74, 6) is 0.0503. The van der Waals surface area contributed by atoms with Crippen molar-refractivity contribution in [1.29, 1.82) is 0 Å². The van der Waals surface area contributed by atoms with E-state index in [-0.39, 0.29) is 5.91 Å². The van der Waals surface area contributed by atoms with E-state index in [4.69, 9.17) is 9.72 Å². The molecule has 7 heteroatoms. The molecule has 35 heavy (non-hydrogen) atoms. The second-order valence-corrected chi connectivity index (χ2v) is 9.56. The fourth-order valence-corrected chi connectivity index (χ4v) is 5.20. The van der Waals surface area contributed by atoms with Crippen molar-refractivity contribution in [2.24, 2.45) is 0 Å². The predicted octanol–water partition coefficient (Wildman–Crippen LogP) is 4.06. The van der Waals surface area contributed by atoms with Gasteiger partial charge in [0.2, 0.25) is 0 Å². The number of hydrogen-bond acceptors (Lipinski definition) is 5. The molecule has 0 unspecified atom stereocenters. The van der Waals surface area contributed by atoms with E-state index in [1.54, 1.807) is 0 Å². The number of fused-ring (bicyclic) bond motifs is 2. The van der Waals surface area contributed by atoms with Gasteiger partial charge in [-0.2, -0.15) is 0 Å². The zero-order valence-corrected chi connectivity index (χ0v) is 20.2. The average Bonchev–Trinajstić information content (AvgIpc) is 3.32. The zero-order valence-electron chi connectivity index (χ0n) is 20.2. The Morgan fingerprint density at radius 2 is 1.86 bits per heavy atom. The lowest BCUT2D eigenvalue weighted by molar-refractivity contribution is 0.0303. The summed E-state index contributed by atoms with van der Waals surface area (Å²) in [5, 5.41) is 0. The molecule has 0 bridgehead atoms. The fourth-order valence-electron chi connectivity index (χ4n) is 5.20. The number of carbonyl (C=O) groups excluding carboxylic acids is 1. The van der Waals surface area contributed by atoms with Gasteiger partial charge < -0.3 is 19.5 Å². The van der Waals surface area contributed by atoms with Gasteiger partial charge in [0.15, 0.2) is 5.65 Å². The third kappa shape index (κ3) is 4.11. The average molecular weight is 468 g/mol. The number of ether oxygens (including phenoxy) is 1. The van der Waals surface area contributed by atoms with Crippen LogP contribution in [-0.2, 0) is 17.7 Å². The van der Waals surface area contributed by atoms with E-state index in [0.29, 0.717) is 31.9 Å². The van der Waals surface area contributed by atoms with Crippen molar-refractivity contribution in [1.82, 2.24) is 24.8 Å². The topological polar surface area (TPSA) is 74.3 Å². The minimum absolute atomic E-state index is 0.0503. The number of amides is 1. The summed E-state index contributed by atoms with van der Waals surface area (Å²) in [7, 11) is 2.17. The molecule has 1 N–H and O–H groups in total. The van der Waals surface area contributed by atoms with Gasteiger partial charge in [0.05, 0.1) is 25.1 Å². The monoisotopic (exact) mass is 467 g/mol. The first-order valence-electron chi connectivity index (χ1n) is 12.2. The summed E-state index contributed by atoms with van der Waals surface area (Å²) >= 11 is 0. The third-order valence-electron chi connectivity index (χ3n) is 7.17. The number of hydrogen-bond donors (Lipinski definition) is 1. The molecule has 0 aliphatic carbocycles. The zero-order chi connectivity index (χ0) is 23.9. The molecule has 0 saturated carbocycles. The van der Waals surface area contributed by atoms with Crippen LogP contribution in [0.2, 0.25) is 0 Å². The van der Waals surface area contributed by atoms with Crippen molar-refractivity contribution in [3.05, 3.63) is 71.0 Å². The molecule has 7 nitrogen and oxygen atoms in total. The maximum atomic E-state index is 12.8. The first kappa shape index (κ1) is 21.9. The van der Waals surface area contributed by atoms with Gasteiger partial charge in [0.25, 0.3) is 5.91 Å². The molecule has 0 radical (unpaired) electrons. The number of aryl methyl sites for hydroxylation is 1. The summed E-state index contributed by atoms with van der Waals surface area (Å²) in [4.78, 5) is 30.0. The van der Waals surface area contributed by atoms with E-state index in [2.05, 4.69) is 41.0 Å². The van der Waals surface area contributed by atoms with Crippen molar-refractivity contribution < 1.29 is 9.53 Å². The van der Waals surface area contributed by atoms with E-state index in [9.17, 15) is 4.79 Å². The molecule has 0 atom stereocenters. The number of rotatable bonds is 3. The van der Waals surface area contributed by atoms with Crippen molar-refractivity contribution in [2.45, 2.75) is 19.9 Å². The van der Waals surface area contributed by atoms with Crippen LogP contribution in [-0.4, -0.2) is 70.6 Å². The molecule has 4 aromatic rings. The van der Waals surface area contributed by atoms with Crippen molar-refractivity contribution in [3.63, 3.8) is 0 Å². The molecule has 1 amide bonds. The van der Waals surface area contributed by atoms with Gasteiger partial charge >= 0.3 is 0 Å². The molecule has 1 saturated heterocycles. The molecular weight excluding hydrogens is 438 g/mol. The summed E-state index contributed by atoms with van der Waals surface area (Å²) in [6.07, 6.45) is 4.88. The van der Waals surface area contributed by atoms with Crippen LogP contribution in [0.25, 0.3) is 33.5 Å². The minimum Gasteiger partial charge on any atom is -0.378 e. The molecular formula is C28H29N5O2. The van der Waals surface area contributed by atoms with Crippen molar-refractivity contribution in [2.75, 3.05) is 39.9 Å². The van der Waals surface area contributed by atoms with Gasteiger partial charge in [-0.1, -0.05) is 12.1 Å². The van der Waals surface area contributed by atoms with Crippen LogP contribution in [0.1, 0.15) is 27.0 Å². The highest BCUT2D eigenvalue weighted by atomic mass is 16.5. The van der Waals surface area contributed by atoms with E-state index in [1.807, 2.05) is 41.6 Å². The number of benzene rings is 2. The summed E-state index contributed by atoms with van der Waals surface area (Å²) in [6, 6.07) is 12.3. The van der Waals surface area contributed by atoms with Crippen LogP contribution >= 0.6 is 0 Å². The summed E-state index contributed by atoms with van der Waals surface area (Å²) in [6.45, 7) is 6.73. The van der Waals surface area contributed by atoms with Gasteiger partial charge in [-0.3, -0.25) is 4.79 Å². The molecule has 1 fully saturated rings. The second-order valence-electron chi connectivity index (χ2n) is 9.56. The Morgan fingerprint density at radius 1 is 1.06 bits per heavy atom. The largest absolute Gasteiger partial charge is 0.378 e. The molecule has 2 aliphatic heterocycles. The van der Waals surface area contributed by atoms with E-state index < -0.39 is 0 Å². The van der Waals surface area contributed by atoms with E-state index in [1.165, 1.54) is 16.7 Å². The number of aromatic nitrogens is 3. The lowest BCUT2D eigenvalue weighted by atomic mass is 9.92. The molecule has 178 valence electrons. The fraction of sp³-hybridized carbons (Fsp3) is 0.321. The smallest absolute Gasteiger partial charge is 0.254 e. The standard InChI is InChI=1S/C28H29N5O2/c1-18-13-21(14-22-17-32(2)8-7-23(18)22)25-16-30-27-26(31-25)24(15-29-27)19-3-5-20(6-4-19)28(34)33-9-11-35-12-10-33/h3-6,13-16H,7-12,17H2,1-2H3,(H,29,30). The Kier molecular flexibility index (Phi) is 5.59. The van der Waals surface area contributed by atoms with Crippen LogP contribution in [0.5, 0.6) is 0 Å². The van der Waals surface area contributed by atoms with Crippen LogP contribution in [0.4, 0.5) is 0 Å². The summed E-state index contributed by atoms with van der Waals surface area (Å²) < 4.78 is 5.36. The number of nitrogens with zero attached hydrogens (tertiary/aromatic N) is 4. The van der Waals surface area contributed by atoms with E-state index in [0.717, 1.165) is 53.1 Å². The minimum atomic E-state index is 0.0503. The first-order valence-corrected chi connectivity index (χ1v) is 12.2. The highest BCUT2D eigenvalue weighted by molar-refractivity contribution is 5.96. The second kappa shape index (κ2) is 8.91. The van der Waals surface area contributed by atoms with Gasteiger partial charge in [-0.05, 0) is 66.9 Å². The summed E-state index contributed by atoms with van der Waals surface area (Å²) in [5.41, 5.74) is 10.4. The van der Waals surface area contributed by atoms with Crippen LogP contribution in [0.3, 0.4) is 0 Å². The maximum Gasteiger partial charge on any atom is 0.254 e. The quantitative estimate of drug-likeness (QED) is 0.492. The number of carbonyl (C=O) groups is 1. The Bertz CT molecular complexity index is 1400. The van der Waals surface area contributed by atoms with Crippen LogP contribution < -0.4 is 0 Å². The molecule has 2 aromatic heterocycles. The van der Waals surface area contributed by atoms with Crippen LogP contribution in [0.15, 0.2) is 48.8 Å². The number of H-pyrrole nitrogens is 1. The maximum absolute atomic E-state index is 12.8. The van der Waals surface area contributed by atoms with Gasteiger partial charge in [0.1, 0.15) is 5.52 Å². The third-order valence-corrected chi connectivity index (χ3v) is 7.17. The Morgan fingerprint density at radius 3 is 2.66 bits per heavy atom. The molecule has 4 heterocycles. The number of morpholine rings is 1. The van der Waals surface area contributed by atoms with Crippen LogP contribution in [0, 0.1) is 6.92 Å². The Hall–Kier alpha value is -3.55. The molecule has 0 spiro atoms. The lowest BCUT2D eigenvalue weighted by Gasteiger charge is -2.27. The Balaban J connectivity index is 1.33. The number of aromatic amines is 1. The number of nitrogens with one attached hydrogen (secondary N) is 1. The van der Waals surface area contributed by atoms with Crippen molar-refractivity contribution in [3.8, 4) is 22.4 Å². The SMILES string of the molecule is Cc1cc(-c2cnc3[nH]cc(-c4ccc(C(=O)N5CCOCC5)cc4)c3n2)cc2c1CCN(C)C2. The lowest BCUT2D eigenvalue weighted by Crippen LogP contribution is -2.40. The normalized spacial score (nSPS) is 16.5. The van der Waals surface area contributed by atoms with Gasteiger partial charge in [-0.25, -0.2) is 9.97 Å². The Labute approximate surface area is 204 Å².